The van der Waals surface area contributed by atoms with Gasteiger partial charge in [0.15, 0.2) is 0 Å². The molecule has 1 fully saturated rings. The molecule has 0 amide bonds. The van der Waals surface area contributed by atoms with Crippen LogP contribution in [0.25, 0.3) is 0 Å². The average Bonchev–Trinajstić information content (AvgIpc) is 2.76. The van der Waals surface area contributed by atoms with Gasteiger partial charge in [-0.25, -0.2) is 0 Å². The highest BCUT2D eigenvalue weighted by atomic mass is 16.5. The second-order valence-electron chi connectivity index (χ2n) is 4.40. The van der Waals surface area contributed by atoms with E-state index < -0.39 is 0 Å². The molecule has 1 aliphatic rings. The zero-order valence-corrected chi connectivity index (χ0v) is 10.7. The van der Waals surface area contributed by atoms with Crippen LogP contribution < -0.4 is 5.32 Å². The third-order valence-electron chi connectivity index (χ3n) is 3.12. The van der Waals surface area contributed by atoms with Crippen molar-refractivity contribution in [2.45, 2.75) is 25.4 Å². The Morgan fingerprint density at radius 1 is 1.25 bits per heavy atom. The summed E-state index contributed by atoms with van der Waals surface area (Å²) < 4.78 is 10.3. The van der Waals surface area contributed by atoms with Gasteiger partial charge in [-0.05, 0) is 32.4 Å². The third-order valence-corrected chi connectivity index (χ3v) is 3.12. The van der Waals surface area contributed by atoms with Crippen LogP contribution >= 0.6 is 0 Å². The van der Waals surface area contributed by atoms with E-state index >= 15 is 0 Å². The van der Waals surface area contributed by atoms with E-state index in [9.17, 15) is 0 Å². The van der Waals surface area contributed by atoms with Crippen molar-refractivity contribution in [1.29, 1.82) is 0 Å². The average molecular weight is 230 g/mol. The lowest BCUT2D eigenvalue weighted by molar-refractivity contribution is 0.108. The van der Waals surface area contributed by atoms with Gasteiger partial charge in [0.25, 0.3) is 0 Å². The van der Waals surface area contributed by atoms with Crippen molar-refractivity contribution in [3.8, 4) is 0 Å². The van der Waals surface area contributed by atoms with E-state index in [2.05, 4.69) is 10.2 Å². The van der Waals surface area contributed by atoms with Gasteiger partial charge in [-0.2, -0.15) is 0 Å². The van der Waals surface area contributed by atoms with E-state index in [4.69, 9.17) is 9.47 Å². The first-order valence-corrected chi connectivity index (χ1v) is 6.31. The SMILES string of the molecule is COCCNCCCCN1CCC(OC)C1. The quantitative estimate of drug-likeness (QED) is 0.592. The molecule has 96 valence electrons. The van der Waals surface area contributed by atoms with E-state index in [1.54, 1.807) is 7.11 Å². The summed E-state index contributed by atoms with van der Waals surface area (Å²) in [6, 6.07) is 0. The summed E-state index contributed by atoms with van der Waals surface area (Å²) in [6.07, 6.45) is 4.19. The highest BCUT2D eigenvalue weighted by molar-refractivity contribution is 4.75. The second-order valence-corrected chi connectivity index (χ2v) is 4.40. The van der Waals surface area contributed by atoms with E-state index in [0.29, 0.717) is 6.10 Å². The van der Waals surface area contributed by atoms with Gasteiger partial charge in [0.1, 0.15) is 0 Å². The molecule has 1 N–H and O–H groups in total. The molecule has 0 aliphatic carbocycles. The van der Waals surface area contributed by atoms with Crippen molar-refractivity contribution in [2.24, 2.45) is 0 Å². The molecular formula is C12H26N2O2. The van der Waals surface area contributed by atoms with Crippen LogP contribution in [0.5, 0.6) is 0 Å². The Labute approximate surface area is 99.3 Å². The van der Waals surface area contributed by atoms with Gasteiger partial charge < -0.3 is 19.7 Å². The molecule has 0 spiro atoms. The number of methoxy groups -OCH3 is 2. The number of hydrogen-bond acceptors (Lipinski definition) is 4. The molecule has 0 radical (unpaired) electrons. The molecule has 16 heavy (non-hydrogen) atoms. The molecule has 1 aliphatic heterocycles. The molecule has 4 heteroatoms. The molecule has 0 saturated carbocycles. The summed E-state index contributed by atoms with van der Waals surface area (Å²) in [6.45, 7) is 6.41. The van der Waals surface area contributed by atoms with E-state index in [1.807, 2.05) is 7.11 Å². The zero-order valence-electron chi connectivity index (χ0n) is 10.7. The fraction of sp³-hybridized carbons (Fsp3) is 1.00. The van der Waals surface area contributed by atoms with Crippen molar-refractivity contribution < 1.29 is 9.47 Å². The van der Waals surface area contributed by atoms with Crippen molar-refractivity contribution >= 4 is 0 Å². The maximum atomic E-state index is 5.35. The molecule has 0 aromatic carbocycles. The summed E-state index contributed by atoms with van der Waals surface area (Å²) in [5.41, 5.74) is 0. The molecule has 0 aromatic heterocycles. The molecule has 1 saturated heterocycles. The largest absolute Gasteiger partial charge is 0.383 e. The molecular weight excluding hydrogens is 204 g/mol. The monoisotopic (exact) mass is 230 g/mol. The predicted molar refractivity (Wildman–Crippen MR) is 65.8 cm³/mol. The Bertz CT molecular complexity index is 167. The molecule has 1 rings (SSSR count). The first-order chi connectivity index (χ1) is 7.86. The Hall–Kier alpha value is -0.160. The summed E-state index contributed by atoms with van der Waals surface area (Å²) in [7, 11) is 3.55. The lowest BCUT2D eigenvalue weighted by Gasteiger charge is -2.15. The van der Waals surface area contributed by atoms with Gasteiger partial charge in [0.05, 0.1) is 12.7 Å². The summed E-state index contributed by atoms with van der Waals surface area (Å²) >= 11 is 0. The fourth-order valence-electron chi connectivity index (χ4n) is 2.08. The maximum Gasteiger partial charge on any atom is 0.0710 e. The van der Waals surface area contributed by atoms with E-state index in [0.717, 1.165) is 26.2 Å². The van der Waals surface area contributed by atoms with E-state index in [1.165, 1.54) is 32.4 Å². The summed E-state index contributed by atoms with van der Waals surface area (Å²) in [5, 5.41) is 3.36. The van der Waals surface area contributed by atoms with Crippen LogP contribution in [0.4, 0.5) is 0 Å². The number of hydrogen-bond donors (Lipinski definition) is 1. The molecule has 4 nitrogen and oxygen atoms in total. The Balaban J connectivity index is 1.84. The summed E-state index contributed by atoms with van der Waals surface area (Å²) in [4.78, 5) is 2.50. The molecule has 1 unspecified atom stereocenters. The topological polar surface area (TPSA) is 33.7 Å². The number of nitrogens with zero attached hydrogens (tertiary/aromatic N) is 1. The fourth-order valence-corrected chi connectivity index (χ4v) is 2.08. The highest BCUT2D eigenvalue weighted by Gasteiger charge is 2.20. The lowest BCUT2D eigenvalue weighted by atomic mass is 10.3. The Morgan fingerprint density at radius 3 is 2.81 bits per heavy atom. The van der Waals surface area contributed by atoms with Crippen molar-refractivity contribution in [3.63, 3.8) is 0 Å². The van der Waals surface area contributed by atoms with Crippen molar-refractivity contribution in [1.82, 2.24) is 10.2 Å². The Kier molecular flexibility index (Phi) is 7.76. The van der Waals surface area contributed by atoms with Crippen molar-refractivity contribution in [2.75, 3.05) is 53.6 Å². The number of ether oxygens (including phenoxy) is 2. The van der Waals surface area contributed by atoms with Gasteiger partial charge in [0, 0.05) is 33.9 Å². The van der Waals surface area contributed by atoms with Crippen LogP contribution in [0.15, 0.2) is 0 Å². The number of rotatable bonds is 9. The number of unbranched alkanes of at least 4 members (excludes halogenated alkanes) is 1. The molecule has 1 atom stereocenters. The van der Waals surface area contributed by atoms with Crippen LogP contribution in [0.3, 0.4) is 0 Å². The zero-order chi connectivity index (χ0) is 11.6. The Morgan fingerprint density at radius 2 is 2.12 bits per heavy atom. The number of likely N-dealkylation sites (tertiary alicyclic amines) is 1. The van der Waals surface area contributed by atoms with E-state index in [-0.39, 0.29) is 0 Å². The molecule has 0 aromatic rings. The van der Waals surface area contributed by atoms with Crippen LogP contribution in [0.2, 0.25) is 0 Å². The molecule has 1 heterocycles. The van der Waals surface area contributed by atoms with Gasteiger partial charge in [-0.3, -0.25) is 0 Å². The van der Waals surface area contributed by atoms with Crippen LogP contribution in [0, 0.1) is 0 Å². The van der Waals surface area contributed by atoms with Crippen molar-refractivity contribution in [3.05, 3.63) is 0 Å². The number of nitrogens with one attached hydrogen (secondary N) is 1. The third kappa shape index (κ3) is 5.80. The minimum Gasteiger partial charge on any atom is -0.383 e. The van der Waals surface area contributed by atoms with Crippen LogP contribution in [0.1, 0.15) is 19.3 Å². The summed E-state index contributed by atoms with van der Waals surface area (Å²) in [5.74, 6) is 0. The van der Waals surface area contributed by atoms with Gasteiger partial charge in [0.2, 0.25) is 0 Å². The lowest BCUT2D eigenvalue weighted by Crippen LogP contribution is -2.25. The maximum absolute atomic E-state index is 5.35. The van der Waals surface area contributed by atoms with Gasteiger partial charge in [-0.1, -0.05) is 0 Å². The predicted octanol–water partition coefficient (Wildman–Crippen LogP) is 0.723. The van der Waals surface area contributed by atoms with Gasteiger partial charge >= 0.3 is 0 Å². The standard InChI is InChI=1S/C12H26N2O2/c1-15-10-7-13-6-3-4-8-14-9-5-12(11-14)16-2/h12-13H,3-11H2,1-2H3. The second kappa shape index (κ2) is 8.93. The van der Waals surface area contributed by atoms with Crippen LogP contribution in [-0.2, 0) is 9.47 Å². The molecule has 0 bridgehead atoms. The smallest absolute Gasteiger partial charge is 0.0710 e. The highest BCUT2D eigenvalue weighted by Crippen LogP contribution is 2.11. The minimum absolute atomic E-state index is 0.472. The first kappa shape index (κ1) is 13.9. The first-order valence-electron chi connectivity index (χ1n) is 6.31. The van der Waals surface area contributed by atoms with Crippen LogP contribution in [-0.4, -0.2) is 64.6 Å². The van der Waals surface area contributed by atoms with Gasteiger partial charge in [-0.15, -0.1) is 0 Å². The normalized spacial score (nSPS) is 21.8. The minimum atomic E-state index is 0.472.